The molecule has 8 nitrogen and oxygen atoms in total. The number of nitro groups is 1. The Balaban J connectivity index is 1.83. The predicted molar refractivity (Wildman–Crippen MR) is 99.9 cm³/mol. The Morgan fingerprint density at radius 2 is 1.78 bits per heavy atom. The van der Waals surface area contributed by atoms with E-state index in [0.29, 0.717) is 43.3 Å². The fourth-order valence-electron chi connectivity index (χ4n) is 3.03. The van der Waals surface area contributed by atoms with Crippen LogP contribution in [-0.2, 0) is 9.53 Å². The fourth-order valence-corrected chi connectivity index (χ4v) is 3.03. The summed E-state index contributed by atoms with van der Waals surface area (Å²) in [5, 5.41) is 13.8. The van der Waals surface area contributed by atoms with Crippen molar-refractivity contribution >= 4 is 17.3 Å². The van der Waals surface area contributed by atoms with Crippen molar-refractivity contribution in [1.82, 2.24) is 4.90 Å². The van der Waals surface area contributed by atoms with Crippen LogP contribution >= 0.6 is 0 Å². The lowest BCUT2D eigenvalue weighted by atomic mass is 10.0. The van der Waals surface area contributed by atoms with Gasteiger partial charge in [-0.2, -0.15) is 0 Å². The van der Waals surface area contributed by atoms with Crippen LogP contribution in [0.15, 0.2) is 48.5 Å². The van der Waals surface area contributed by atoms with Crippen LogP contribution in [0, 0.1) is 10.1 Å². The van der Waals surface area contributed by atoms with Crippen molar-refractivity contribution in [3.05, 3.63) is 64.2 Å². The molecule has 3 rings (SSSR count). The number of ether oxygens (including phenoxy) is 2. The third-order valence-corrected chi connectivity index (χ3v) is 4.44. The summed E-state index contributed by atoms with van der Waals surface area (Å²) in [7, 11) is 1.58. The Bertz CT molecular complexity index is 786. The van der Waals surface area contributed by atoms with Crippen molar-refractivity contribution in [2.24, 2.45) is 0 Å². The summed E-state index contributed by atoms with van der Waals surface area (Å²) in [6.07, 6.45) is 0. The number of nitrogens with one attached hydrogen (secondary N) is 1. The molecule has 1 saturated heterocycles. The SMILES string of the molecule is COc1ccc(NC(=O)C(c2ccc([N+](=O)[O-])cc2)N2CCOCC2)cc1. The molecular formula is C19H21N3O5. The molecule has 1 fully saturated rings. The van der Waals surface area contributed by atoms with Crippen LogP contribution in [0.4, 0.5) is 11.4 Å². The van der Waals surface area contributed by atoms with E-state index in [4.69, 9.17) is 9.47 Å². The molecule has 0 bridgehead atoms. The maximum absolute atomic E-state index is 13.0. The third-order valence-electron chi connectivity index (χ3n) is 4.44. The molecule has 0 aromatic heterocycles. The number of benzene rings is 2. The first-order chi connectivity index (χ1) is 13.1. The molecule has 1 amide bonds. The molecule has 2 aromatic carbocycles. The number of nitrogens with zero attached hydrogens (tertiary/aromatic N) is 2. The number of nitro benzene ring substituents is 1. The Morgan fingerprint density at radius 3 is 2.33 bits per heavy atom. The van der Waals surface area contributed by atoms with Crippen molar-refractivity contribution < 1.29 is 19.2 Å². The number of methoxy groups -OCH3 is 1. The van der Waals surface area contributed by atoms with Gasteiger partial charge in [0.2, 0.25) is 5.91 Å². The Labute approximate surface area is 156 Å². The van der Waals surface area contributed by atoms with Gasteiger partial charge in [0.1, 0.15) is 11.8 Å². The highest BCUT2D eigenvalue weighted by Gasteiger charge is 2.29. The van der Waals surface area contributed by atoms with Gasteiger partial charge in [-0.3, -0.25) is 19.8 Å². The number of anilines is 1. The summed E-state index contributed by atoms with van der Waals surface area (Å²) in [5.74, 6) is 0.504. The van der Waals surface area contributed by atoms with E-state index in [0.717, 1.165) is 0 Å². The van der Waals surface area contributed by atoms with Crippen LogP contribution in [0.5, 0.6) is 5.75 Å². The van der Waals surface area contributed by atoms with Crippen molar-refractivity contribution in [2.75, 3.05) is 38.7 Å². The van der Waals surface area contributed by atoms with Crippen LogP contribution in [-0.4, -0.2) is 49.1 Å². The standard InChI is InChI=1S/C19H21N3O5/c1-26-17-8-4-15(5-9-17)20-19(23)18(21-10-12-27-13-11-21)14-2-6-16(7-3-14)22(24)25/h2-9,18H,10-13H2,1H3,(H,20,23). The van der Waals surface area contributed by atoms with E-state index in [1.165, 1.54) is 12.1 Å². The van der Waals surface area contributed by atoms with E-state index < -0.39 is 11.0 Å². The zero-order valence-electron chi connectivity index (χ0n) is 15.0. The minimum Gasteiger partial charge on any atom is -0.497 e. The van der Waals surface area contributed by atoms with Gasteiger partial charge >= 0.3 is 0 Å². The van der Waals surface area contributed by atoms with Crippen LogP contribution in [0.25, 0.3) is 0 Å². The lowest BCUT2D eigenvalue weighted by molar-refractivity contribution is -0.384. The number of morpholine rings is 1. The molecule has 0 spiro atoms. The first-order valence-corrected chi connectivity index (χ1v) is 8.59. The average Bonchev–Trinajstić information content (AvgIpc) is 2.70. The highest BCUT2D eigenvalue weighted by molar-refractivity contribution is 5.95. The largest absolute Gasteiger partial charge is 0.497 e. The number of carbonyl (C=O) groups is 1. The molecule has 142 valence electrons. The molecule has 1 N–H and O–H groups in total. The van der Waals surface area contributed by atoms with Crippen molar-refractivity contribution in [1.29, 1.82) is 0 Å². The molecule has 0 radical (unpaired) electrons. The van der Waals surface area contributed by atoms with Crippen molar-refractivity contribution in [3.8, 4) is 5.75 Å². The van der Waals surface area contributed by atoms with E-state index >= 15 is 0 Å². The molecule has 1 aliphatic heterocycles. The highest BCUT2D eigenvalue weighted by atomic mass is 16.6. The summed E-state index contributed by atoms with van der Waals surface area (Å²) in [4.78, 5) is 25.5. The highest BCUT2D eigenvalue weighted by Crippen LogP contribution is 2.26. The molecule has 0 aliphatic carbocycles. The molecule has 1 atom stereocenters. The Morgan fingerprint density at radius 1 is 1.15 bits per heavy atom. The second kappa shape index (κ2) is 8.61. The van der Waals surface area contributed by atoms with Gasteiger partial charge in [-0.1, -0.05) is 12.1 Å². The smallest absolute Gasteiger partial charge is 0.269 e. The van der Waals surface area contributed by atoms with E-state index in [9.17, 15) is 14.9 Å². The number of hydrogen-bond donors (Lipinski definition) is 1. The van der Waals surface area contributed by atoms with Gasteiger partial charge in [0.15, 0.2) is 0 Å². The fraction of sp³-hybridized carbons (Fsp3) is 0.316. The van der Waals surface area contributed by atoms with Crippen molar-refractivity contribution in [3.63, 3.8) is 0 Å². The van der Waals surface area contributed by atoms with Crippen LogP contribution < -0.4 is 10.1 Å². The number of rotatable bonds is 6. The van der Waals surface area contributed by atoms with E-state index in [1.807, 2.05) is 4.90 Å². The molecule has 8 heteroatoms. The van der Waals surface area contributed by atoms with Gasteiger partial charge in [0, 0.05) is 30.9 Å². The quantitative estimate of drug-likeness (QED) is 0.620. The first-order valence-electron chi connectivity index (χ1n) is 8.59. The number of carbonyl (C=O) groups excluding carboxylic acids is 1. The van der Waals surface area contributed by atoms with Gasteiger partial charge in [0.25, 0.3) is 5.69 Å². The normalized spacial score (nSPS) is 15.7. The van der Waals surface area contributed by atoms with Crippen molar-refractivity contribution in [2.45, 2.75) is 6.04 Å². The molecule has 2 aromatic rings. The average molecular weight is 371 g/mol. The van der Waals surface area contributed by atoms with Gasteiger partial charge in [-0.05, 0) is 29.8 Å². The molecular weight excluding hydrogens is 350 g/mol. The summed E-state index contributed by atoms with van der Waals surface area (Å²) < 4.78 is 10.5. The second-order valence-electron chi connectivity index (χ2n) is 6.12. The predicted octanol–water partition coefficient (Wildman–Crippen LogP) is 2.62. The minimum absolute atomic E-state index is 0.00459. The lowest BCUT2D eigenvalue weighted by Gasteiger charge is -2.33. The number of hydrogen-bond acceptors (Lipinski definition) is 6. The molecule has 1 aliphatic rings. The van der Waals surface area contributed by atoms with Gasteiger partial charge in [-0.15, -0.1) is 0 Å². The molecule has 0 saturated carbocycles. The second-order valence-corrected chi connectivity index (χ2v) is 6.12. The first kappa shape index (κ1) is 18.8. The zero-order valence-corrected chi connectivity index (χ0v) is 15.0. The van der Waals surface area contributed by atoms with Crippen LogP contribution in [0.3, 0.4) is 0 Å². The number of amides is 1. The zero-order chi connectivity index (χ0) is 19.2. The molecule has 1 heterocycles. The summed E-state index contributed by atoms with van der Waals surface area (Å²) in [6, 6.07) is 12.6. The molecule has 27 heavy (non-hydrogen) atoms. The maximum atomic E-state index is 13.0. The summed E-state index contributed by atoms with van der Waals surface area (Å²) in [5.41, 5.74) is 1.35. The van der Waals surface area contributed by atoms with Gasteiger partial charge < -0.3 is 14.8 Å². The molecule has 1 unspecified atom stereocenters. The van der Waals surface area contributed by atoms with Crippen LogP contribution in [0.1, 0.15) is 11.6 Å². The van der Waals surface area contributed by atoms with Crippen LogP contribution in [0.2, 0.25) is 0 Å². The van der Waals surface area contributed by atoms with E-state index in [-0.39, 0.29) is 11.6 Å². The monoisotopic (exact) mass is 371 g/mol. The van der Waals surface area contributed by atoms with E-state index in [2.05, 4.69) is 5.32 Å². The maximum Gasteiger partial charge on any atom is 0.269 e. The third kappa shape index (κ3) is 4.60. The lowest BCUT2D eigenvalue weighted by Crippen LogP contribution is -2.43. The number of non-ortho nitro benzene ring substituents is 1. The van der Waals surface area contributed by atoms with Gasteiger partial charge in [-0.25, -0.2) is 0 Å². The summed E-state index contributed by atoms with van der Waals surface area (Å²) in [6.45, 7) is 2.30. The minimum atomic E-state index is -0.559. The Kier molecular flexibility index (Phi) is 6.00. The van der Waals surface area contributed by atoms with Gasteiger partial charge in [0.05, 0.1) is 25.2 Å². The Hall–Kier alpha value is -2.97. The topological polar surface area (TPSA) is 93.9 Å². The van der Waals surface area contributed by atoms with E-state index in [1.54, 1.807) is 43.5 Å². The summed E-state index contributed by atoms with van der Waals surface area (Å²) >= 11 is 0.